The van der Waals surface area contributed by atoms with Gasteiger partial charge in [-0.15, -0.1) is 0 Å². The monoisotopic (exact) mass is 441 g/mol. The van der Waals surface area contributed by atoms with Crippen molar-refractivity contribution in [3.8, 4) is 6.07 Å². The largest absolute Gasteiger partial charge is 0.322 e. The third kappa shape index (κ3) is 4.51. The molecule has 0 aliphatic carbocycles. The molecule has 1 saturated heterocycles. The lowest BCUT2D eigenvalue weighted by Gasteiger charge is -2.28. The highest BCUT2D eigenvalue weighted by Crippen LogP contribution is 2.28. The van der Waals surface area contributed by atoms with E-state index in [1.807, 2.05) is 19.1 Å². The summed E-state index contributed by atoms with van der Waals surface area (Å²) in [6.07, 6.45) is -0.169. The molecule has 4 rings (SSSR count). The van der Waals surface area contributed by atoms with Gasteiger partial charge in [-0.3, -0.25) is 14.4 Å². The highest BCUT2D eigenvalue weighted by molar-refractivity contribution is 6.23. The minimum atomic E-state index is -1.01. The number of carbonyl (C=O) groups excluding carboxylic acids is 3. The van der Waals surface area contributed by atoms with E-state index in [1.54, 1.807) is 30.3 Å². The molecule has 1 unspecified atom stereocenters. The lowest BCUT2D eigenvalue weighted by atomic mass is 10.1. The Morgan fingerprint density at radius 1 is 1.09 bits per heavy atom. The Balaban J connectivity index is 1.69. The smallest absolute Gasteiger partial charge is 0.257 e. The Morgan fingerprint density at radius 2 is 1.79 bits per heavy atom. The van der Waals surface area contributed by atoms with Gasteiger partial charge in [0, 0.05) is 12.1 Å². The first-order valence-electron chi connectivity index (χ1n) is 10.4. The van der Waals surface area contributed by atoms with Crippen LogP contribution in [0.15, 0.2) is 72.8 Å². The van der Waals surface area contributed by atoms with Crippen molar-refractivity contribution in [3.63, 3.8) is 0 Å². The van der Waals surface area contributed by atoms with E-state index in [9.17, 15) is 18.8 Å². The quantitative estimate of drug-likeness (QED) is 0.561. The predicted octanol–water partition coefficient (Wildman–Crippen LogP) is 3.98. The SMILES string of the molecule is Cc1cccc(C(=O)N(Cc2ccc(F)cc2)C2CC(=O)N(c3ccc(C#N)cc3)C2=O)c1. The van der Waals surface area contributed by atoms with Gasteiger partial charge in [-0.25, -0.2) is 9.29 Å². The molecule has 6 nitrogen and oxygen atoms in total. The summed E-state index contributed by atoms with van der Waals surface area (Å²) in [5, 5.41) is 8.99. The molecule has 3 amide bonds. The van der Waals surface area contributed by atoms with Crippen molar-refractivity contribution in [2.24, 2.45) is 0 Å². The molecule has 164 valence electrons. The third-order valence-corrected chi connectivity index (χ3v) is 5.55. The number of rotatable bonds is 5. The molecule has 1 heterocycles. The van der Waals surface area contributed by atoms with Gasteiger partial charge in [0.2, 0.25) is 5.91 Å². The molecule has 3 aromatic carbocycles. The molecule has 0 spiro atoms. The summed E-state index contributed by atoms with van der Waals surface area (Å²) in [5.74, 6) is -1.76. The van der Waals surface area contributed by atoms with Crippen molar-refractivity contribution in [3.05, 3.63) is 101 Å². The minimum Gasteiger partial charge on any atom is -0.322 e. The van der Waals surface area contributed by atoms with Crippen LogP contribution in [0.3, 0.4) is 0 Å². The van der Waals surface area contributed by atoms with E-state index in [0.29, 0.717) is 22.4 Å². The second-order valence-corrected chi connectivity index (χ2v) is 7.87. The summed E-state index contributed by atoms with van der Waals surface area (Å²) in [4.78, 5) is 42.0. The molecule has 0 aromatic heterocycles. The zero-order valence-corrected chi connectivity index (χ0v) is 17.9. The van der Waals surface area contributed by atoms with E-state index < -0.39 is 29.6 Å². The first-order valence-corrected chi connectivity index (χ1v) is 10.4. The number of halogens is 1. The highest BCUT2D eigenvalue weighted by Gasteiger charge is 2.44. The summed E-state index contributed by atoms with van der Waals surface area (Å²) in [7, 11) is 0. The topological polar surface area (TPSA) is 81.5 Å². The Bertz CT molecular complexity index is 1260. The van der Waals surface area contributed by atoms with Gasteiger partial charge < -0.3 is 4.90 Å². The molecule has 33 heavy (non-hydrogen) atoms. The molecule has 1 aliphatic rings. The normalized spacial score (nSPS) is 15.4. The van der Waals surface area contributed by atoms with Crippen molar-refractivity contribution in [1.82, 2.24) is 4.90 Å². The molecule has 1 fully saturated rings. The van der Waals surface area contributed by atoms with E-state index in [-0.39, 0.29) is 13.0 Å². The van der Waals surface area contributed by atoms with Gasteiger partial charge in [0.25, 0.3) is 11.8 Å². The molecule has 1 aliphatic heterocycles. The van der Waals surface area contributed by atoms with Crippen molar-refractivity contribution in [2.45, 2.75) is 25.9 Å². The van der Waals surface area contributed by atoms with Gasteiger partial charge in [-0.05, 0) is 61.0 Å². The van der Waals surface area contributed by atoms with Gasteiger partial charge in [-0.2, -0.15) is 5.26 Å². The van der Waals surface area contributed by atoms with E-state index in [2.05, 4.69) is 0 Å². The summed E-state index contributed by atoms with van der Waals surface area (Å²) in [6, 6.07) is 19.8. The van der Waals surface area contributed by atoms with E-state index in [4.69, 9.17) is 5.26 Å². The zero-order chi connectivity index (χ0) is 23.5. The summed E-state index contributed by atoms with van der Waals surface area (Å²) in [6.45, 7) is 1.90. The standard InChI is InChI=1S/C26H20FN3O3/c1-17-3-2-4-20(13-17)25(32)29(16-19-5-9-21(27)10-6-19)23-14-24(31)30(26(23)33)22-11-7-18(15-28)8-12-22/h2-13,23H,14,16H2,1H3. The number of hydrogen-bond donors (Lipinski definition) is 0. The first kappa shape index (κ1) is 21.9. The number of anilines is 1. The molecule has 0 bridgehead atoms. The molecule has 0 saturated carbocycles. The van der Waals surface area contributed by atoms with Gasteiger partial charge in [-0.1, -0.05) is 29.8 Å². The Morgan fingerprint density at radius 3 is 2.42 bits per heavy atom. The van der Waals surface area contributed by atoms with Crippen molar-refractivity contribution in [2.75, 3.05) is 4.90 Å². The van der Waals surface area contributed by atoms with Crippen molar-refractivity contribution in [1.29, 1.82) is 5.26 Å². The zero-order valence-electron chi connectivity index (χ0n) is 17.9. The van der Waals surface area contributed by atoms with Crippen molar-refractivity contribution >= 4 is 23.4 Å². The van der Waals surface area contributed by atoms with Crippen LogP contribution < -0.4 is 4.90 Å². The molecule has 0 radical (unpaired) electrons. The van der Waals surface area contributed by atoms with Crippen molar-refractivity contribution < 1.29 is 18.8 Å². The number of carbonyl (C=O) groups is 3. The first-order chi connectivity index (χ1) is 15.9. The maximum atomic E-state index is 13.5. The fraction of sp³-hybridized carbons (Fsp3) is 0.154. The average Bonchev–Trinajstić information content (AvgIpc) is 3.11. The molecule has 1 atom stereocenters. The molecular weight excluding hydrogens is 421 g/mol. The number of benzene rings is 3. The van der Waals surface area contributed by atoms with Crippen LogP contribution in [-0.2, 0) is 16.1 Å². The summed E-state index contributed by atoms with van der Waals surface area (Å²) in [5.41, 5.74) is 2.66. The Labute approximate surface area is 190 Å². The maximum absolute atomic E-state index is 13.5. The average molecular weight is 441 g/mol. The molecule has 3 aromatic rings. The van der Waals surface area contributed by atoms with Crippen LogP contribution in [0.4, 0.5) is 10.1 Å². The van der Waals surface area contributed by atoms with Gasteiger partial charge in [0.05, 0.1) is 23.7 Å². The predicted molar refractivity (Wildman–Crippen MR) is 120 cm³/mol. The van der Waals surface area contributed by atoms with Crippen LogP contribution in [0, 0.1) is 24.1 Å². The van der Waals surface area contributed by atoms with Crippen LogP contribution in [0.5, 0.6) is 0 Å². The van der Waals surface area contributed by atoms with Crippen LogP contribution >= 0.6 is 0 Å². The number of amides is 3. The fourth-order valence-corrected chi connectivity index (χ4v) is 3.87. The van der Waals surface area contributed by atoms with E-state index in [1.165, 1.54) is 41.3 Å². The molecule has 0 N–H and O–H groups in total. The second kappa shape index (κ2) is 9.05. The number of aryl methyl sites for hydroxylation is 1. The van der Waals surface area contributed by atoms with Gasteiger partial charge in [0.1, 0.15) is 11.9 Å². The number of nitrogens with zero attached hydrogens (tertiary/aromatic N) is 3. The van der Waals surface area contributed by atoms with E-state index in [0.717, 1.165) is 10.5 Å². The number of nitriles is 1. The van der Waals surface area contributed by atoms with Crippen LogP contribution in [-0.4, -0.2) is 28.7 Å². The lowest BCUT2D eigenvalue weighted by Crippen LogP contribution is -2.45. The lowest BCUT2D eigenvalue weighted by molar-refractivity contribution is -0.122. The van der Waals surface area contributed by atoms with E-state index >= 15 is 0 Å². The summed E-state index contributed by atoms with van der Waals surface area (Å²) < 4.78 is 13.4. The van der Waals surface area contributed by atoms with Gasteiger partial charge >= 0.3 is 0 Å². The number of imide groups is 1. The van der Waals surface area contributed by atoms with Crippen LogP contribution in [0.25, 0.3) is 0 Å². The second-order valence-electron chi connectivity index (χ2n) is 7.87. The Hall–Kier alpha value is -4.31. The van der Waals surface area contributed by atoms with Crippen LogP contribution in [0.2, 0.25) is 0 Å². The number of hydrogen-bond acceptors (Lipinski definition) is 4. The Kier molecular flexibility index (Phi) is 6.01. The summed E-state index contributed by atoms with van der Waals surface area (Å²) >= 11 is 0. The maximum Gasteiger partial charge on any atom is 0.257 e. The minimum absolute atomic E-state index is 0.0396. The molecule has 7 heteroatoms. The molecular formula is C26H20FN3O3. The fourth-order valence-electron chi connectivity index (χ4n) is 3.87. The van der Waals surface area contributed by atoms with Gasteiger partial charge in [0.15, 0.2) is 0 Å². The highest BCUT2D eigenvalue weighted by atomic mass is 19.1. The van der Waals surface area contributed by atoms with Crippen LogP contribution in [0.1, 0.15) is 33.5 Å². The third-order valence-electron chi connectivity index (χ3n) is 5.55.